The van der Waals surface area contributed by atoms with Crippen LogP contribution in [0.4, 0.5) is 0 Å². The molecule has 0 fully saturated rings. The predicted molar refractivity (Wildman–Crippen MR) is 582 cm³/mol. The first-order valence-electron chi connectivity index (χ1n) is 48.4. The first-order chi connectivity index (χ1) is 69.6. The molecule has 0 saturated carbocycles. The second-order valence-corrected chi connectivity index (χ2v) is 40.2. The molecule has 8 heteroatoms. The van der Waals surface area contributed by atoms with Crippen LogP contribution in [0.5, 0.6) is 0 Å². The zero-order valence-corrected chi connectivity index (χ0v) is 78.8. The molecule has 0 saturated heterocycles. The number of para-hydroxylation sites is 4. The fraction of sp³-hybridized carbons (Fsp3) is 0.0376. The van der Waals surface area contributed by atoms with E-state index in [1.54, 1.807) is 0 Å². The molecule has 0 amide bonds. The molecule has 0 unspecified atom stereocenters. The van der Waals surface area contributed by atoms with E-state index in [0.29, 0.717) is 11.6 Å². The van der Waals surface area contributed by atoms with E-state index in [4.69, 9.17) is 19.9 Å². The van der Waals surface area contributed by atoms with Gasteiger partial charge in [0.15, 0.2) is 11.6 Å². The van der Waals surface area contributed by atoms with Crippen molar-refractivity contribution < 1.29 is 0 Å². The average Bonchev–Trinajstić information content (AvgIpc) is 1.53. The molecule has 29 rings (SSSR count). The lowest BCUT2D eigenvalue weighted by Gasteiger charge is -2.39. The maximum absolute atomic E-state index is 5.42. The summed E-state index contributed by atoms with van der Waals surface area (Å²) >= 11 is 3.78. The molecule has 5 aliphatic rings. The third-order valence-electron chi connectivity index (χ3n) is 30.2. The lowest BCUT2D eigenvalue weighted by molar-refractivity contribution is 0.661. The Kier molecular flexibility index (Phi) is 18.9. The van der Waals surface area contributed by atoms with E-state index >= 15 is 0 Å². The summed E-state index contributed by atoms with van der Waals surface area (Å²) in [5, 5.41) is 4.94. The predicted octanol–water partition coefficient (Wildman–Crippen LogP) is 34.1. The molecule has 2 spiro atoms. The minimum absolute atomic E-state index is 0.277. The Balaban J connectivity index is 0.000000138. The van der Waals surface area contributed by atoms with Crippen LogP contribution in [0.25, 0.3) is 190 Å². The smallest absolute Gasteiger partial charge is 0.160 e. The minimum atomic E-state index is -0.417. The normalized spacial score (nSPS) is 13.6. The Bertz CT molecular complexity index is 9090. The summed E-state index contributed by atoms with van der Waals surface area (Å²) in [6, 6.07) is 177. The van der Waals surface area contributed by atoms with E-state index in [1.165, 1.54) is 174 Å². The van der Waals surface area contributed by atoms with Gasteiger partial charge in [-0.1, -0.05) is 426 Å². The monoisotopic (exact) mass is 1830 g/mol. The van der Waals surface area contributed by atoms with E-state index in [2.05, 4.69) is 502 Å². The summed E-state index contributed by atoms with van der Waals surface area (Å²) < 4.78 is 4.70. The zero-order chi connectivity index (χ0) is 93.2. The molecule has 4 aromatic heterocycles. The third-order valence-corrected chi connectivity index (χ3v) is 32.5. The standard InChI is InChI=1S/C68H45N3S.C65H41N3S/c1-67(2)57-39-43(47-25-17-29-56-65(47)52-24-6-9-26-53(52)68(56)54-27-10-14-32-63(54)72-64-33-15-11-28-55(64)68)34-36-48(57)49-37-35-44(40-58(49)67)60-41-59(42-18-4-3-5-19-42)69-66(70-60)45-20-16-21-46(38-45)71-61-30-12-7-22-50(61)51-23-8-13-31-62(51)71;1-2-16-45(17-3-1)57-41-58(67-64(66-57)47-18-14-19-48(40-47)68-59-28-10-5-20-50(59)51-21-6-11-29-60(51)68)46-38-34-43(35-39-46)42-32-36-44(37-33-42)49-23-15-27-56-63(49)52-22-4-7-24-53(52)65(56)54-25-8-12-30-61(54)69-62-31-13-9-26-55(62)65/h3-41H,1-2H3;1-41H. The Hall–Kier alpha value is -17.1. The van der Waals surface area contributed by atoms with Gasteiger partial charge in [-0.3, -0.25) is 0 Å². The van der Waals surface area contributed by atoms with Crippen LogP contribution in [0.3, 0.4) is 0 Å². The zero-order valence-electron chi connectivity index (χ0n) is 77.2. The molecule has 660 valence electrons. The maximum atomic E-state index is 5.42. The first-order valence-corrected chi connectivity index (χ1v) is 50.1. The molecule has 141 heavy (non-hydrogen) atoms. The third kappa shape index (κ3) is 12.8. The van der Waals surface area contributed by atoms with E-state index < -0.39 is 10.8 Å². The number of fused-ring (bicyclic) bond motifs is 27. The lowest BCUT2D eigenvalue weighted by Crippen LogP contribution is -2.31. The van der Waals surface area contributed by atoms with E-state index in [9.17, 15) is 0 Å². The van der Waals surface area contributed by atoms with Gasteiger partial charge in [-0.2, -0.15) is 0 Å². The van der Waals surface area contributed by atoms with Crippen LogP contribution in [0.15, 0.2) is 505 Å². The molecular formula is C133H86N6S2. The number of hydrogen-bond donors (Lipinski definition) is 0. The summed E-state index contributed by atoms with van der Waals surface area (Å²) in [4.78, 5) is 26.5. The Morgan fingerprint density at radius 2 is 0.468 bits per heavy atom. The van der Waals surface area contributed by atoms with Crippen molar-refractivity contribution in [3.8, 4) is 146 Å². The number of benzene rings is 20. The fourth-order valence-electron chi connectivity index (χ4n) is 24.0. The average molecular weight is 1830 g/mol. The quantitative estimate of drug-likeness (QED) is 0.129. The SMILES string of the molecule is CC1(C)c2cc(-c3cc(-c4ccccc4)nc(-c4cccc(-n5c6ccccc6c6ccccc65)c4)n3)ccc2-c2ccc(-c3cccc4c3-c3ccccc3C43c4ccccc4Sc4ccccc43)cc21.c1ccc(-c2cc(-c3ccc(-c4ccc(-c5cccc6c5-c5ccccc5C65c6ccccc6Sc6ccccc65)cc4)cc3)nc(-c3cccc(-n4c5ccccc5c5ccccc54)c3)n2)cc1. The molecular weight excluding hydrogens is 1750 g/mol. The van der Waals surface area contributed by atoms with Crippen LogP contribution >= 0.6 is 23.5 Å². The molecule has 0 atom stereocenters. The van der Waals surface area contributed by atoms with Gasteiger partial charge < -0.3 is 9.13 Å². The van der Waals surface area contributed by atoms with Crippen LogP contribution in [0.1, 0.15) is 69.5 Å². The summed E-state index contributed by atoms with van der Waals surface area (Å²) in [5.41, 5.74) is 44.0. The number of nitrogens with zero attached hydrogens (tertiary/aromatic N) is 6. The van der Waals surface area contributed by atoms with Gasteiger partial charge in [0.2, 0.25) is 0 Å². The topological polar surface area (TPSA) is 61.4 Å². The summed E-state index contributed by atoms with van der Waals surface area (Å²) in [6.45, 7) is 4.78. The van der Waals surface area contributed by atoms with Crippen LogP contribution in [-0.4, -0.2) is 29.1 Å². The van der Waals surface area contributed by atoms with Crippen LogP contribution in [0, 0.1) is 0 Å². The number of hydrogen-bond acceptors (Lipinski definition) is 6. The molecule has 0 N–H and O–H groups in total. The van der Waals surface area contributed by atoms with Crippen molar-refractivity contribution in [3.63, 3.8) is 0 Å². The molecule has 2 aliphatic heterocycles. The fourth-order valence-corrected chi connectivity index (χ4v) is 26.3. The summed E-state index contributed by atoms with van der Waals surface area (Å²) in [7, 11) is 0. The minimum Gasteiger partial charge on any atom is -0.309 e. The van der Waals surface area contributed by atoms with Gasteiger partial charge in [0.1, 0.15) is 0 Å². The van der Waals surface area contributed by atoms with Crippen molar-refractivity contribution >= 4 is 67.1 Å². The molecule has 0 radical (unpaired) electrons. The molecule has 6 nitrogen and oxygen atoms in total. The van der Waals surface area contributed by atoms with E-state index in [1.807, 2.05) is 29.6 Å². The Morgan fingerprint density at radius 3 is 0.879 bits per heavy atom. The Labute approximate surface area is 826 Å². The van der Waals surface area contributed by atoms with E-state index in [-0.39, 0.29) is 5.41 Å². The first kappa shape index (κ1) is 82.1. The van der Waals surface area contributed by atoms with Crippen LogP contribution < -0.4 is 0 Å². The number of aromatic nitrogens is 6. The van der Waals surface area contributed by atoms with Crippen LogP contribution in [0.2, 0.25) is 0 Å². The van der Waals surface area contributed by atoms with Crippen LogP contribution in [-0.2, 0) is 16.2 Å². The van der Waals surface area contributed by atoms with Crippen molar-refractivity contribution in [2.24, 2.45) is 0 Å². The van der Waals surface area contributed by atoms with Gasteiger partial charge in [-0.15, -0.1) is 0 Å². The van der Waals surface area contributed by atoms with Gasteiger partial charge in [0, 0.05) is 91.3 Å². The van der Waals surface area contributed by atoms with Crippen molar-refractivity contribution in [2.45, 2.75) is 49.7 Å². The van der Waals surface area contributed by atoms with Gasteiger partial charge >= 0.3 is 0 Å². The van der Waals surface area contributed by atoms with Gasteiger partial charge in [-0.05, 0) is 219 Å². The second-order valence-electron chi connectivity index (χ2n) is 38.0. The lowest BCUT2D eigenvalue weighted by atomic mass is 9.67. The Morgan fingerprint density at radius 1 is 0.184 bits per heavy atom. The van der Waals surface area contributed by atoms with Crippen molar-refractivity contribution in [3.05, 3.63) is 541 Å². The highest BCUT2D eigenvalue weighted by Crippen LogP contribution is 2.66. The largest absolute Gasteiger partial charge is 0.309 e. The summed E-state index contributed by atoms with van der Waals surface area (Å²) in [5.74, 6) is 1.38. The highest BCUT2D eigenvalue weighted by Gasteiger charge is 2.53. The van der Waals surface area contributed by atoms with Gasteiger partial charge in [-0.25, -0.2) is 19.9 Å². The number of rotatable bonds is 11. The van der Waals surface area contributed by atoms with Crippen molar-refractivity contribution in [1.29, 1.82) is 0 Å². The van der Waals surface area contributed by atoms with Gasteiger partial charge in [0.05, 0.1) is 55.7 Å². The molecule has 20 aromatic carbocycles. The highest BCUT2D eigenvalue weighted by atomic mass is 32.2. The van der Waals surface area contributed by atoms with Crippen molar-refractivity contribution in [1.82, 2.24) is 29.1 Å². The second kappa shape index (κ2) is 32.5. The summed E-state index contributed by atoms with van der Waals surface area (Å²) in [6.07, 6.45) is 0. The van der Waals surface area contributed by atoms with Gasteiger partial charge in [0.25, 0.3) is 0 Å². The maximum Gasteiger partial charge on any atom is 0.160 e. The molecule has 0 bridgehead atoms. The molecule has 6 heterocycles. The van der Waals surface area contributed by atoms with Crippen molar-refractivity contribution in [2.75, 3.05) is 0 Å². The molecule has 24 aromatic rings. The van der Waals surface area contributed by atoms with E-state index in [0.717, 1.165) is 78.7 Å². The highest BCUT2D eigenvalue weighted by molar-refractivity contribution is 7.99. The molecule has 3 aliphatic carbocycles.